The van der Waals surface area contributed by atoms with Crippen molar-refractivity contribution < 1.29 is 14.4 Å². The zero-order valence-electron chi connectivity index (χ0n) is 21.0. The van der Waals surface area contributed by atoms with Gasteiger partial charge in [-0.05, 0) is 60.7 Å². The molecule has 4 aromatic rings. The van der Waals surface area contributed by atoms with Crippen LogP contribution in [0.2, 0.25) is 0 Å². The monoisotopic (exact) mass is 535 g/mol. The smallest absolute Gasteiger partial charge is 0.276 e. The summed E-state index contributed by atoms with van der Waals surface area (Å²) in [6.45, 7) is 0.799. The fourth-order valence-corrected chi connectivity index (χ4v) is 6.46. The van der Waals surface area contributed by atoms with Crippen molar-refractivity contribution in [3.63, 3.8) is 0 Å². The van der Waals surface area contributed by atoms with Crippen LogP contribution < -0.4 is 20.9 Å². The van der Waals surface area contributed by atoms with Gasteiger partial charge in [-0.1, -0.05) is 36.4 Å². The molecule has 9 heteroatoms. The molecule has 39 heavy (non-hydrogen) atoms. The second-order valence-electron chi connectivity index (χ2n) is 10.1. The van der Waals surface area contributed by atoms with Gasteiger partial charge < -0.3 is 16.0 Å². The molecule has 0 atom stereocenters. The highest BCUT2D eigenvalue weighted by molar-refractivity contribution is 7.17. The summed E-state index contributed by atoms with van der Waals surface area (Å²) in [5.41, 5.74) is 10.9. The maximum atomic E-state index is 13.9. The minimum absolute atomic E-state index is 0.0256. The van der Waals surface area contributed by atoms with E-state index < -0.39 is 0 Å². The van der Waals surface area contributed by atoms with Gasteiger partial charge in [-0.25, -0.2) is 4.98 Å². The molecule has 0 bridgehead atoms. The third kappa shape index (κ3) is 4.06. The second-order valence-corrected chi connectivity index (χ2v) is 11.1. The van der Waals surface area contributed by atoms with Crippen LogP contribution in [0.4, 0.5) is 17.2 Å². The third-order valence-electron chi connectivity index (χ3n) is 7.44. The van der Waals surface area contributed by atoms with Crippen LogP contribution in [-0.2, 0) is 13.0 Å². The van der Waals surface area contributed by atoms with E-state index in [4.69, 9.17) is 5.73 Å². The Bertz CT molecular complexity index is 1670. The summed E-state index contributed by atoms with van der Waals surface area (Å²) in [6.07, 6.45) is 2.69. The van der Waals surface area contributed by atoms with Crippen molar-refractivity contribution in [2.75, 3.05) is 22.1 Å². The van der Waals surface area contributed by atoms with Gasteiger partial charge in [-0.15, -0.1) is 11.3 Å². The van der Waals surface area contributed by atoms with Crippen LogP contribution in [0, 0.1) is 0 Å². The van der Waals surface area contributed by atoms with Crippen molar-refractivity contribution in [2.24, 2.45) is 0 Å². The maximum Gasteiger partial charge on any atom is 0.276 e. The van der Waals surface area contributed by atoms with E-state index in [-0.39, 0.29) is 23.4 Å². The molecule has 0 saturated heterocycles. The number of rotatable bonds is 4. The Morgan fingerprint density at radius 3 is 2.64 bits per heavy atom. The Balaban J connectivity index is 1.19. The zero-order valence-corrected chi connectivity index (χ0v) is 21.8. The normalized spacial score (nSPS) is 15.8. The highest BCUT2D eigenvalue weighted by Gasteiger charge is 2.33. The number of hydrogen-bond donors (Lipinski definition) is 2. The molecule has 8 nitrogen and oxygen atoms in total. The van der Waals surface area contributed by atoms with Gasteiger partial charge in [0, 0.05) is 28.7 Å². The Labute approximate surface area is 229 Å². The van der Waals surface area contributed by atoms with E-state index in [2.05, 4.69) is 10.3 Å². The summed E-state index contributed by atoms with van der Waals surface area (Å²) >= 11 is 1.47. The number of carbonyl (C=O) groups is 3. The summed E-state index contributed by atoms with van der Waals surface area (Å²) < 4.78 is 0. The fourth-order valence-electron chi connectivity index (χ4n) is 5.31. The van der Waals surface area contributed by atoms with Gasteiger partial charge in [0.15, 0.2) is 0 Å². The number of hydrogen-bond acceptors (Lipinski definition) is 6. The lowest BCUT2D eigenvalue weighted by molar-refractivity contribution is 0.0952. The van der Waals surface area contributed by atoms with Crippen LogP contribution in [-0.4, -0.2) is 35.3 Å². The molecule has 0 radical (unpaired) electrons. The minimum Gasteiger partial charge on any atom is -0.398 e. The molecule has 1 saturated carbocycles. The average Bonchev–Trinajstić information content (AvgIpc) is 3.59. The van der Waals surface area contributed by atoms with Crippen LogP contribution in [0.25, 0.3) is 10.4 Å². The van der Waals surface area contributed by atoms with Crippen molar-refractivity contribution in [2.45, 2.75) is 31.8 Å². The van der Waals surface area contributed by atoms with Crippen molar-refractivity contribution in [3.8, 4) is 10.4 Å². The predicted molar refractivity (Wildman–Crippen MR) is 151 cm³/mol. The second kappa shape index (κ2) is 9.06. The number of nitrogen functional groups attached to an aromatic ring is 1. The standard InChI is InChI=1S/C30H25N5O3S/c31-21-7-3-5-18-16-35(30(38)26(18)21)25-10-4-8-22(33-25)29(37)34-14-13-17-15-24(28(36)32-19-11-12-19)39-27(17)20-6-1-2-9-23(20)34/h1-10,15,19H,11-14,16,31H2,(H,32,36). The highest BCUT2D eigenvalue weighted by Crippen LogP contribution is 2.42. The Hall–Kier alpha value is -4.50. The Morgan fingerprint density at radius 1 is 1.00 bits per heavy atom. The van der Waals surface area contributed by atoms with Crippen LogP contribution in [0.1, 0.15) is 54.5 Å². The molecular formula is C30H25N5O3S. The van der Waals surface area contributed by atoms with Crippen LogP contribution in [0.15, 0.2) is 66.7 Å². The summed E-state index contributed by atoms with van der Waals surface area (Å²) in [5, 5.41) is 3.07. The lowest BCUT2D eigenvalue weighted by Crippen LogP contribution is -2.33. The van der Waals surface area contributed by atoms with Crippen LogP contribution >= 0.6 is 11.3 Å². The lowest BCUT2D eigenvalue weighted by Gasteiger charge is -2.23. The first-order chi connectivity index (χ1) is 19.0. The maximum absolute atomic E-state index is 13.9. The van der Waals surface area contributed by atoms with Crippen molar-refractivity contribution in [1.82, 2.24) is 10.3 Å². The topological polar surface area (TPSA) is 109 Å². The molecule has 7 rings (SSSR count). The fraction of sp³-hybridized carbons (Fsp3) is 0.200. The number of anilines is 3. The predicted octanol–water partition coefficient (Wildman–Crippen LogP) is 4.65. The summed E-state index contributed by atoms with van der Waals surface area (Å²) in [6, 6.07) is 20.6. The molecule has 194 valence electrons. The van der Waals surface area contributed by atoms with Gasteiger partial charge >= 0.3 is 0 Å². The third-order valence-corrected chi connectivity index (χ3v) is 8.64. The number of benzene rings is 2. The van der Waals surface area contributed by atoms with Crippen molar-refractivity contribution >= 4 is 46.3 Å². The van der Waals surface area contributed by atoms with E-state index in [1.807, 2.05) is 42.5 Å². The van der Waals surface area contributed by atoms with E-state index in [9.17, 15) is 14.4 Å². The molecular weight excluding hydrogens is 510 g/mol. The molecule has 4 heterocycles. The number of nitrogens with zero attached hydrogens (tertiary/aromatic N) is 3. The van der Waals surface area contributed by atoms with Gasteiger partial charge in [0.05, 0.1) is 22.7 Å². The quantitative estimate of drug-likeness (QED) is 0.370. The summed E-state index contributed by atoms with van der Waals surface area (Å²) in [7, 11) is 0. The number of carbonyl (C=O) groups excluding carboxylic acids is 3. The molecule has 0 spiro atoms. The summed E-state index contributed by atoms with van der Waals surface area (Å²) in [4.78, 5) is 49.4. The molecule has 1 aliphatic carbocycles. The number of thiophene rings is 1. The number of amides is 3. The molecule has 2 aliphatic heterocycles. The number of fused-ring (bicyclic) bond motifs is 4. The van der Waals surface area contributed by atoms with Crippen LogP contribution in [0.3, 0.4) is 0 Å². The molecule has 2 aromatic heterocycles. The van der Waals surface area contributed by atoms with Gasteiger partial charge in [0.2, 0.25) is 0 Å². The van der Waals surface area contributed by atoms with Gasteiger partial charge in [-0.2, -0.15) is 0 Å². The SMILES string of the molecule is Nc1cccc2c1C(=O)N(c1cccc(C(=O)N3CCc4cc(C(=O)NC5CC5)sc4-c4ccccc43)n1)C2. The Kier molecular flexibility index (Phi) is 5.48. The van der Waals surface area contributed by atoms with Crippen molar-refractivity contribution in [1.29, 1.82) is 0 Å². The van der Waals surface area contributed by atoms with E-state index >= 15 is 0 Å². The Morgan fingerprint density at radius 2 is 1.82 bits per heavy atom. The molecule has 1 fully saturated rings. The first-order valence-corrected chi connectivity index (χ1v) is 13.8. The van der Waals surface area contributed by atoms with E-state index in [1.54, 1.807) is 34.1 Å². The number of pyridine rings is 1. The number of nitrogens with two attached hydrogens (primary N) is 1. The number of para-hydroxylation sites is 1. The minimum atomic E-state index is -0.241. The first kappa shape index (κ1) is 23.6. The van der Waals surface area contributed by atoms with Gasteiger partial charge in [-0.3, -0.25) is 19.3 Å². The van der Waals surface area contributed by atoms with E-state index in [1.165, 1.54) is 11.3 Å². The molecule has 3 aliphatic rings. The van der Waals surface area contributed by atoms with Gasteiger partial charge in [0.1, 0.15) is 11.5 Å². The molecule has 3 amide bonds. The number of aromatic nitrogens is 1. The van der Waals surface area contributed by atoms with E-state index in [0.717, 1.165) is 40.1 Å². The first-order valence-electron chi connectivity index (χ1n) is 13.0. The largest absolute Gasteiger partial charge is 0.398 e. The molecule has 2 aromatic carbocycles. The molecule has 3 N–H and O–H groups in total. The van der Waals surface area contributed by atoms with Gasteiger partial charge in [0.25, 0.3) is 17.7 Å². The zero-order chi connectivity index (χ0) is 26.7. The highest BCUT2D eigenvalue weighted by atomic mass is 32.1. The summed E-state index contributed by atoms with van der Waals surface area (Å²) in [5.74, 6) is -0.0709. The van der Waals surface area contributed by atoms with Crippen LogP contribution in [0.5, 0.6) is 0 Å². The number of nitrogens with one attached hydrogen (secondary N) is 1. The lowest BCUT2D eigenvalue weighted by atomic mass is 10.1. The van der Waals surface area contributed by atoms with E-state index in [0.29, 0.717) is 47.5 Å². The van der Waals surface area contributed by atoms with Crippen molar-refractivity contribution in [3.05, 3.63) is 94.0 Å². The average molecular weight is 536 g/mol. The molecule has 0 unspecified atom stereocenters.